The molecule has 2 rings (SSSR count). The van der Waals surface area contributed by atoms with Crippen LogP contribution in [0, 0.1) is 5.82 Å². The quantitative estimate of drug-likeness (QED) is 0.603. The molecule has 0 aliphatic carbocycles. The number of hydrogen-bond acceptors (Lipinski definition) is 1. The highest BCUT2D eigenvalue weighted by Gasteiger charge is 2.12. The first kappa shape index (κ1) is 7.47. The van der Waals surface area contributed by atoms with Gasteiger partial charge >= 0.3 is 0 Å². The highest BCUT2D eigenvalue weighted by atomic mass is 19.1. The van der Waals surface area contributed by atoms with E-state index < -0.39 is 0 Å². The molecule has 0 saturated heterocycles. The van der Waals surface area contributed by atoms with Gasteiger partial charge in [0.2, 0.25) is 0 Å². The molecule has 2 heteroatoms. The second-order valence-electron chi connectivity index (χ2n) is 2.98. The van der Waals surface area contributed by atoms with Crippen molar-refractivity contribution in [2.24, 2.45) is 4.99 Å². The van der Waals surface area contributed by atoms with E-state index in [0.29, 0.717) is 0 Å². The van der Waals surface area contributed by atoms with Crippen molar-refractivity contribution in [1.82, 2.24) is 0 Å². The summed E-state index contributed by atoms with van der Waals surface area (Å²) in [6, 6.07) is 6.86. The Morgan fingerprint density at radius 1 is 1.25 bits per heavy atom. The van der Waals surface area contributed by atoms with Gasteiger partial charge in [-0.1, -0.05) is 12.1 Å². The number of nitrogens with zero attached hydrogens (tertiary/aromatic N) is 1. The van der Waals surface area contributed by atoms with Crippen molar-refractivity contribution in [2.45, 2.75) is 18.9 Å². The van der Waals surface area contributed by atoms with Gasteiger partial charge in [-0.2, -0.15) is 0 Å². The molecule has 0 amide bonds. The predicted octanol–water partition coefficient (Wildman–Crippen LogP) is 2.73. The molecular weight excluding hydrogens is 153 g/mol. The molecule has 1 aliphatic heterocycles. The minimum atomic E-state index is -0.180. The highest BCUT2D eigenvalue weighted by molar-refractivity contribution is 5.60. The van der Waals surface area contributed by atoms with Crippen LogP contribution in [0.4, 0.5) is 4.39 Å². The van der Waals surface area contributed by atoms with E-state index in [2.05, 4.69) is 4.99 Å². The van der Waals surface area contributed by atoms with Gasteiger partial charge in [0.1, 0.15) is 5.82 Å². The Labute approximate surface area is 70.9 Å². The zero-order valence-corrected chi connectivity index (χ0v) is 6.70. The molecule has 12 heavy (non-hydrogen) atoms. The van der Waals surface area contributed by atoms with Gasteiger partial charge in [-0.05, 0) is 36.8 Å². The van der Waals surface area contributed by atoms with E-state index in [4.69, 9.17) is 0 Å². The summed E-state index contributed by atoms with van der Waals surface area (Å²) in [6.45, 7) is 0. The first-order chi connectivity index (χ1) is 5.86. The van der Waals surface area contributed by atoms with Crippen molar-refractivity contribution in [3.8, 4) is 0 Å². The van der Waals surface area contributed by atoms with Crippen LogP contribution in [0.15, 0.2) is 29.3 Å². The molecule has 1 aromatic carbocycles. The zero-order chi connectivity index (χ0) is 8.39. The van der Waals surface area contributed by atoms with E-state index >= 15 is 0 Å². The maximum Gasteiger partial charge on any atom is 0.123 e. The summed E-state index contributed by atoms with van der Waals surface area (Å²) in [6.07, 6.45) is 4.04. The second-order valence-corrected chi connectivity index (χ2v) is 2.98. The molecule has 1 aliphatic rings. The Bertz CT molecular complexity index is 289. The average Bonchev–Trinajstić information content (AvgIpc) is 2.58. The Hall–Kier alpha value is -1.18. The van der Waals surface area contributed by atoms with Crippen LogP contribution in [0.1, 0.15) is 24.4 Å². The fourth-order valence-corrected chi connectivity index (χ4v) is 1.45. The van der Waals surface area contributed by atoms with Crippen LogP contribution < -0.4 is 0 Å². The summed E-state index contributed by atoms with van der Waals surface area (Å²) < 4.78 is 12.5. The van der Waals surface area contributed by atoms with Crippen LogP contribution in [0.3, 0.4) is 0 Å². The van der Waals surface area contributed by atoms with Gasteiger partial charge < -0.3 is 0 Å². The van der Waals surface area contributed by atoms with Gasteiger partial charge in [0.15, 0.2) is 0 Å². The predicted molar refractivity (Wildman–Crippen MR) is 46.9 cm³/mol. The van der Waals surface area contributed by atoms with E-state index in [0.717, 1.165) is 18.4 Å². The fraction of sp³-hybridized carbons (Fsp3) is 0.300. The summed E-state index contributed by atoms with van der Waals surface area (Å²) in [5.74, 6) is -0.180. The van der Waals surface area contributed by atoms with Crippen LogP contribution in [-0.4, -0.2) is 6.21 Å². The lowest BCUT2D eigenvalue weighted by Gasteiger charge is -2.05. The van der Waals surface area contributed by atoms with Crippen LogP contribution >= 0.6 is 0 Å². The molecule has 1 atom stereocenters. The molecule has 1 aromatic rings. The lowest BCUT2D eigenvalue weighted by molar-refractivity contribution is 0.624. The smallest absolute Gasteiger partial charge is 0.123 e. The summed E-state index contributed by atoms with van der Waals surface area (Å²) in [5, 5.41) is 0. The Kier molecular flexibility index (Phi) is 1.90. The van der Waals surface area contributed by atoms with E-state index in [1.807, 2.05) is 18.3 Å². The van der Waals surface area contributed by atoms with Crippen molar-refractivity contribution >= 4 is 6.21 Å². The van der Waals surface area contributed by atoms with E-state index in [9.17, 15) is 4.39 Å². The second kappa shape index (κ2) is 3.05. The molecule has 0 N–H and O–H groups in total. The molecule has 0 spiro atoms. The minimum Gasteiger partial charge on any atom is -0.289 e. The first-order valence-electron chi connectivity index (χ1n) is 4.13. The third-order valence-electron chi connectivity index (χ3n) is 2.11. The van der Waals surface area contributed by atoms with Gasteiger partial charge in [0.25, 0.3) is 0 Å². The molecule has 0 radical (unpaired) electrons. The van der Waals surface area contributed by atoms with Gasteiger partial charge in [0, 0.05) is 0 Å². The number of benzene rings is 1. The molecule has 62 valence electrons. The SMILES string of the molecule is Fc1ccc(C2CCC=N2)cc1. The maximum absolute atomic E-state index is 12.5. The van der Waals surface area contributed by atoms with Gasteiger partial charge in [0.05, 0.1) is 6.04 Å². The topological polar surface area (TPSA) is 12.4 Å². The molecular formula is C10H10FN. The van der Waals surface area contributed by atoms with Crippen LogP contribution in [-0.2, 0) is 0 Å². The van der Waals surface area contributed by atoms with Crippen molar-refractivity contribution in [3.63, 3.8) is 0 Å². The Balaban J connectivity index is 2.23. The molecule has 0 bridgehead atoms. The van der Waals surface area contributed by atoms with Gasteiger partial charge in [-0.25, -0.2) is 4.39 Å². The fourth-order valence-electron chi connectivity index (χ4n) is 1.45. The first-order valence-corrected chi connectivity index (χ1v) is 4.13. The number of rotatable bonds is 1. The molecule has 1 unspecified atom stereocenters. The lowest BCUT2D eigenvalue weighted by Crippen LogP contribution is -1.89. The Morgan fingerprint density at radius 2 is 2.00 bits per heavy atom. The van der Waals surface area contributed by atoms with Crippen LogP contribution in [0.2, 0.25) is 0 Å². The molecule has 0 aromatic heterocycles. The molecule has 0 fully saturated rings. The van der Waals surface area contributed by atoms with Crippen molar-refractivity contribution in [2.75, 3.05) is 0 Å². The van der Waals surface area contributed by atoms with E-state index in [-0.39, 0.29) is 11.9 Å². The molecule has 1 nitrogen and oxygen atoms in total. The Morgan fingerprint density at radius 3 is 2.58 bits per heavy atom. The summed E-state index contributed by atoms with van der Waals surface area (Å²) in [4.78, 5) is 4.29. The van der Waals surface area contributed by atoms with E-state index in [1.165, 1.54) is 12.1 Å². The normalized spacial score (nSPS) is 21.6. The summed E-state index contributed by atoms with van der Waals surface area (Å²) in [7, 11) is 0. The summed E-state index contributed by atoms with van der Waals surface area (Å²) >= 11 is 0. The standard InChI is InChI=1S/C10H10FN/c11-9-5-3-8(4-6-9)10-2-1-7-12-10/h3-7,10H,1-2H2. The van der Waals surface area contributed by atoms with Crippen molar-refractivity contribution in [3.05, 3.63) is 35.6 Å². The number of hydrogen-bond donors (Lipinski definition) is 0. The minimum absolute atomic E-state index is 0.180. The largest absolute Gasteiger partial charge is 0.289 e. The summed E-state index contributed by atoms with van der Waals surface area (Å²) in [5.41, 5.74) is 1.12. The van der Waals surface area contributed by atoms with Crippen LogP contribution in [0.5, 0.6) is 0 Å². The maximum atomic E-state index is 12.5. The lowest BCUT2D eigenvalue weighted by atomic mass is 10.1. The molecule has 1 heterocycles. The highest BCUT2D eigenvalue weighted by Crippen LogP contribution is 2.25. The van der Waals surface area contributed by atoms with Gasteiger partial charge in [-0.3, -0.25) is 4.99 Å². The zero-order valence-electron chi connectivity index (χ0n) is 6.70. The van der Waals surface area contributed by atoms with Crippen molar-refractivity contribution < 1.29 is 4.39 Å². The molecule has 0 saturated carbocycles. The average molecular weight is 163 g/mol. The third kappa shape index (κ3) is 1.37. The van der Waals surface area contributed by atoms with E-state index in [1.54, 1.807) is 0 Å². The monoisotopic (exact) mass is 163 g/mol. The third-order valence-corrected chi connectivity index (χ3v) is 2.11. The van der Waals surface area contributed by atoms with Gasteiger partial charge in [-0.15, -0.1) is 0 Å². The number of aliphatic imine (C=N–C) groups is 1. The number of halogens is 1. The van der Waals surface area contributed by atoms with Crippen LogP contribution in [0.25, 0.3) is 0 Å². The van der Waals surface area contributed by atoms with Crippen molar-refractivity contribution in [1.29, 1.82) is 0 Å².